The third kappa shape index (κ3) is 10.9. The molecule has 0 bridgehead atoms. The van der Waals surface area contributed by atoms with Gasteiger partial charge in [-0.15, -0.1) is 0 Å². The minimum Gasteiger partial charge on any atom is -0.338 e. The van der Waals surface area contributed by atoms with Gasteiger partial charge in [0, 0.05) is 54.8 Å². The van der Waals surface area contributed by atoms with E-state index in [9.17, 15) is 9.59 Å². The van der Waals surface area contributed by atoms with Crippen LogP contribution in [0.5, 0.6) is 0 Å². The molecule has 0 aliphatic rings. The summed E-state index contributed by atoms with van der Waals surface area (Å²) in [5, 5.41) is 0. The van der Waals surface area contributed by atoms with Gasteiger partial charge in [-0.1, -0.05) is 27.7 Å². The van der Waals surface area contributed by atoms with Crippen LogP contribution in [-0.4, -0.2) is 45.8 Å². The van der Waals surface area contributed by atoms with E-state index >= 15 is 0 Å². The summed E-state index contributed by atoms with van der Waals surface area (Å²) in [5.74, 6) is 0.386. The average molecular weight is 402 g/mol. The Morgan fingerprint density at radius 3 is 0.840 bits per heavy atom. The Hall–Kier alpha value is -0.554. The Labute approximate surface area is 167 Å². The van der Waals surface area contributed by atoms with E-state index in [1.165, 1.54) is 0 Å². The molecule has 0 aliphatic heterocycles. The third-order valence-electron chi connectivity index (χ3n) is 4.99. The number of carbonyl (C=O) groups is 2. The summed E-state index contributed by atoms with van der Waals surface area (Å²) in [6, 6.07) is 1.49. The minimum absolute atomic E-state index is 0. The number of carbonyl (C=O) groups excluding carboxylic acids is 2. The molecule has 1 radical (unpaired) electrons. The number of amides is 2. The van der Waals surface area contributed by atoms with Crippen molar-refractivity contribution >= 4 is 11.8 Å². The van der Waals surface area contributed by atoms with Gasteiger partial charge in [-0.2, -0.15) is 0 Å². The van der Waals surface area contributed by atoms with Crippen molar-refractivity contribution in [3.8, 4) is 0 Å². The van der Waals surface area contributed by atoms with E-state index in [1.54, 1.807) is 13.8 Å². The molecule has 0 saturated heterocycles. The Morgan fingerprint density at radius 1 is 0.600 bits per heavy atom. The van der Waals surface area contributed by atoms with Crippen molar-refractivity contribution in [2.45, 2.75) is 119 Å². The molecule has 0 aromatic carbocycles. The van der Waals surface area contributed by atoms with E-state index in [0.29, 0.717) is 24.2 Å². The summed E-state index contributed by atoms with van der Waals surface area (Å²) >= 11 is 0. The van der Waals surface area contributed by atoms with Crippen molar-refractivity contribution in [2.24, 2.45) is 0 Å². The van der Waals surface area contributed by atoms with E-state index in [-0.39, 0.29) is 28.6 Å². The normalized spacial score (nSPS) is 14.8. The summed E-state index contributed by atoms with van der Waals surface area (Å²) in [4.78, 5) is 26.5. The molecule has 5 heteroatoms. The second kappa shape index (κ2) is 15.7. The summed E-state index contributed by atoms with van der Waals surface area (Å²) < 4.78 is 0. The second-order valence-electron chi connectivity index (χ2n) is 6.88. The van der Waals surface area contributed by atoms with Crippen LogP contribution in [-0.2, 0) is 26.4 Å². The Kier molecular flexibility index (Phi) is 18.3. The van der Waals surface area contributed by atoms with Crippen LogP contribution < -0.4 is 0 Å². The van der Waals surface area contributed by atoms with Gasteiger partial charge in [-0.05, 0) is 53.4 Å². The molecule has 0 rings (SSSR count). The summed E-state index contributed by atoms with van der Waals surface area (Å²) in [5.41, 5.74) is 0. The number of rotatable bonds is 8. The van der Waals surface area contributed by atoms with Gasteiger partial charge in [0.15, 0.2) is 0 Å². The van der Waals surface area contributed by atoms with Crippen LogP contribution in [0.2, 0.25) is 0 Å². The molecule has 0 spiro atoms. The van der Waals surface area contributed by atoms with Crippen molar-refractivity contribution in [1.29, 1.82) is 0 Å². The molecule has 25 heavy (non-hydrogen) atoms. The first-order chi connectivity index (χ1) is 11.1. The second-order valence-corrected chi connectivity index (χ2v) is 6.88. The van der Waals surface area contributed by atoms with Gasteiger partial charge < -0.3 is 9.80 Å². The molecule has 0 saturated carbocycles. The number of hydrogen-bond donors (Lipinski definition) is 0. The molecule has 0 aliphatic carbocycles. The molecule has 153 valence electrons. The van der Waals surface area contributed by atoms with Gasteiger partial charge in [-0.3, -0.25) is 9.59 Å². The molecule has 4 unspecified atom stereocenters. The van der Waals surface area contributed by atoms with E-state index in [1.807, 2.05) is 9.80 Å². The van der Waals surface area contributed by atoms with Crippen molar-refractivity contribution in [2.75, 3.05) is 0 Å². The molecule has 0 aromatic rings. The van der Waals surface area contributed by atoms with E-state index in [0.717, 1.165) is 25.7 Å². The maximum absolute atomic E-state index is 11.3. The van der Waals surface area contributed by atoms with Gasteiger partial charge >= 0.3 is 0 Å². The Morgan fingerprint density at radius 2 is 0.760 bits per heavy atom. The predicted octanol–water partition coefficient (Wildman–Crippen LogP) is 4.86. The van der Waals surface area contributed by atoms with Crippen LogP contribution in [0.25, 0.3) is 0 Å². The van der Waals surface area contributed by atoms with Gasteiger partial charge in [-0.25, -0.2) is 0 Å². The van der Waals surface area contributed by atoms with Gasteiger partial charge in [0.05, 0.1) is 0 Å². The van der Waals surface area contributed by atoms with Crippen LogP contribution in [0.15, 0.2) is 0 Å². The van der Waals surface area contributed by atoms with Crippen LogP contribution in [0.1, 0.15) is 94.9 Å². The molecule has 0 N–H and O–H groups in total. The molecule has 0 aromatic heterocycles. The fraction of sp³-hybridized carbons (Fsp3) is 0.900. The molecule has 4 atom stereocenters. The predicted molar refractivity (Wildman–Crippen MR) is 104 cm³/mol. The average Bonchev–Trinajstić information content (AvgIpc) is 2.53. The minimum atomic E-state index is 0. The quantitative estimate of drug-likeness (QED) is 0.583. The topological polar surface area (TPSA) is 40.6 Å². The van der Waals surface area contributed by atoms with E-state index in [2.05, 4.69) is 55.4 Å². The van der Waals surface area contributed by atoms with Gasteiger partial charge in [0.2, 0.25) is 11.8 Å². The summed E-state index contributed by atoms with van der Waals surface area (Å²) in [6.45, 7) is 20.2. The van der Waals surface area contributed by atoms with Crippen molar-refractivity contribution in [1.82, 2.24) is 9.80 Å². The van der Waals surface area contributed by atoms with E-state index in [4.69, 9.17) is 0 Å². The monoisotopic (exact) mass is 401 g/mol. The van der Waals surface area contributed by atoms with Gasteiger partial charge in [0.1, 0.15) is 0 Å². The Bertz CT molecular complexity index is 310. The number of nitrogens with zero attached hydrogens (tertiary/aromatic N) is 2. The first-order valence-electron chi connectivity index (χ1n) is 9.66. The van der Waals surface area contributed by atoms with Crippen molar-refractivity contribution in [3.05, 3.63) is 0 Å². The molecule has 0 heterocycles. The SMILES string of the molecule is CCC(C)N(C(C)=O)C(C)CC.CCC(C)N(C(C)=O)C(C)CC.[Co]. The first kappa shape index (κ1) is 29.2. The largest absolute Gasteiger partial charge is 0.338 e. The summed E-state index contributed by atoms with van der Waals surface area (Å²) in [6.07, 6.45) is 4.13. The van der Waals surface area contributed by atoms with E-state index < -0.39 is 0 Å². The molecule has 4 nitrogen and oxygen atoms in total. The summed E-state index contributed by atoms with van der Waals surface area (Å²) in [7, 11) is 0. The zero-order chi connectivity index (χ0) is 19.4. The van der Waals surface area contributed by atoms with Crippen LogP contribution in [0.4, 0.5) is 0 Å². The van der Waals surface area contributed by atoms with Crippen LogP contribution in [0, 0.1) is 0 Å². The standard InChI is InChI=1S/2C10H21NO.Co/c2*1-6-8(3)11(10(5)12)9(4)7-2;/h2*8-9H,6-7H2,1-5H3;. The maximum Gasteiger partial charge on any atom is 0.219 e. The molecular weight excluding hydrogens is 359 g/mol. The molecule has 0 fully saturated rings. The van der Waals surface area contributed by atoms with Crippen molar-refractivity contribution < 1.29 is 26.4 Å². The smallest absolute Gasteiger partial charge is 0.219 e. The first-order valence-corrected chi connectivity index (χ1v) is 9.66. The zero-order valence-corrected chi connectivity index (χ0v) is 19.2. The molecule has 2 amide bonds. The Balaban J connectivity index is -0.000000372. The van der Waals surface area contributed by atoms with Crippen LogP contribution in [0.3, 0.4) is 0 Å². The number of hydrogen-bond acceptors (Lipinski definition) is 2. The fourth-order valence-corrected chi connectivity index (χ4v) is 2.90. The third-order valence-corrected chi connectivity index (χ3v) is 4.99. The van der Waals surface area contributed by atoms with Gasteiger partial charge in [0.25, 0.3) is 0 Å². The zero-order valence-electron chi connectivity index (χ0n) is 18.2. The maximum atomic E-state index is 11.3. The fourth-order valence-electron chi connectivity index (χ4n) is 2.90. The molecular formula is C20H42CoN2O2. The van der Waals surface area contributed by atoms with Crippen molar-refractivity contribution in [3.63, 3.8) is 0 Å². The van der Waals surface area contributed by atoms with Crippen LogP contribution >= 0.6 is 0 Å².